The number of aromatic nitrogens is 4. The maximum Gasteiger partial charge on any atom is 0.403 e. The van der Waals surface area contributed by atoms with E-state index in [1.54, 1.807) is 0 Å². The number of ether oxygens (including phenoxy) is 1. The number of rotatable bonds is 17. The van der Waals surface area contributed by atoms with Gasteiger partial charge in [0.05, 0.1) is 12.9 Å². The van der Waals surface area contributed by atoms with Gasteiger partial charge in [-0.15, -0.1) is 0 Å². The molecule has 1 aliphatic heterocycles. The predicted octanol–water partition coefficient (Wildman–Crippen LogP) is -2.27. The molecule has 0 radical (unpaired) electrons. The molecule has 3 rings (SSSR count). The second-order valence-electron chi connectivity index (χ2n) is 8.75. The molecule has 0 saturated carbocycles. The molecule has 37 heavy (non-hydrogen) atoms. The van der Waals surface area contributed by atoms with Crippen molar-refractivity contribution < 1.29 is 28.9 Å². The van der Waals surface area contributed by atoms with Crippen molar-refractivity contribution in [3.05, 3.63) is 16.7 Å². The highest BCUT2D eigenvalue weighted by Crippen LogP contribution is 2.39. The Kier molecular flexibility index (Phi) is 11.4. The average molecular weight is 548 g/mol. The van der Waals surface area contributed by atoms with E-state index >= 15 is 0 Å². The van der Waals surface area contributed by atoms with E-state index in [1.807, 2.05) is 0 Å². The molecule has 3 heterocycles. The number of hydrogen-bond acceptors (Lipinski definition) is 12. The molecule has 1 unspecified atom stereocenters. The summed E-state index contributed by atoms with van der Waals surface area (Å²) in [5.74, 6) is -0.152. The third-order valence-corrected chi connectivity index (χ3v) is 6.95. The first-order valence-corrected chi connectivity index (χ1v) is 13.9. The number of aromatic amines is 1. The molecule has 0 bridgehead atoms. The van der Waals surface area contributed by atoms with Crippen LogP contribution in [0.15, 0.2) is 11.1 Å². The Labute approximate surface area is 213 Å². The Morgan fingerprint density at radius 1 is 1.11 bits per heavy atom. The lowest BCUT2D eigenvalue weighted by Gasteiger charge is -2.18. The SMILES string of the molecule is NCCCNCCCCNCCCNP(=O)(O)OC[C@H]1O[C@@H](n2cnc3c(=O)[nH]c(N)nc32)[C@H](O)[C@@H]1O. The molecule has 210 valence electrons. The zero-order valence-corrected chi connectivity index (χ0v) is 21.5. The number of nitrogen functional groups attached to an aromatic ring is 1. The van der Waals surface area contributed by atoms with Gasteiger partial charge in [-0.1, -0.05) is 0 Å². The minimum atomic E-state index is -4.16. The van der Waals surface area contributed by atoms with E-state index in [1.165, 1.54) is 10.9 Å². The summed E-state index contributed by atoms with van der Waals surface area (Å²) in [6, 6.07) is 0. The predicted molar refractivity (Wildman–Crippen MR) is 136 cm³/mol. The van der Waals surface area contributed by atoms with Crippen molar-refractivity contribution >= 4 is 24.9 Å². The minimum absolute atomic E-state index is 0.0203. The first-order valence-electron chi connectivity index (χ1n) is 12.3. The Morgan fingerprint density at radius 3 is 2.49 bits per heavy atom. The molecule has 2 aromatic heterocycles. The van der Waals surface area contributed by atoms with Gasteiger partial charge in [0.25, 0.3) is 5.56 Å². The fourth-order valence-corrected chi connectivity index (χ4v) is 4.74. The zero-order chi connectivity index (χ0) is 26.8. The van der Waals surface area contributed by atoms with Gasteiger partial charge in [0.2, 0.25) is 5.95 Å². The van der Waals surface area contributed by atoms with Crippen LogP contribution in [0.3, 0.4) is 0 Å². The highest BCUT2D eigenvalue weighted by atomic mass is 31.2. The average Bonchev–Trinajstić information content (AvgIpc) is 3.39. The van der Waals surface area contributed by atoms with E-state index in [4.69, 9.17) is 20.7 Å². The fraction of sp³-hybridized carbons (Fsp3) is 0.750. The standard InChI is InChI=1S/C20H38N9O7P/c21-5-3-8-23-6-1-2-7-24-9-4-10-26-37(33,34)35-11-13-15(30)16(31)19(36-13)29-12-25-14-17(29)27-20(22)28-18(14)32/h12-13,15-16,19,23-24,30-31H,1-11,21H2,(H2,26,33,34)(H3,22,27,28,32)/t13-,15-,16-,19-/m1/s1. The van der Waals surface area contributed by atoms with Crippen molar-refractivity contribution in [1.82, 2.24) is 35.2 Å². The summed E-state index contributed by atoms with van der Waals surface area (Å²) in [4.78, 5) is 32.3. The lowest BCUT2D eigenvalue weighted by atomic mass is 10.1. The summed E-state index contributed by atoms with van der Waals surface area (Å²) in [5, 5.41) is 29.9. The van der Waals surface area contributed by atoms with Crippen LogP contribution in [0.4, 0.5) is 5.95 Å². The van der Waals surface area contributed by atoms with Gasteiger partial charge in [0.1, 0.15) is 18.3 Å². The molecule has 5 atom stereocenters. The van der Waals surface area contributed by atoms with Gasteiger partial charge >= 0.3 is 7.75 Å². The number of aliphatic hydroxyl groups is 2. The lowest BCUT2D eigenvalue weighted by Crippen LogP contribution is -2.34. The second kappa shape index (κ2) is 14.2. The summed E-state index contributed by atoms with van der Waals surface area (Å²) in [5.41, 5.74) is 10.5. The Balaban J connectivity index is 1.36. The van der Waals surface area contributed by atoms with Crippen LogP contribution in [0, 0.1) is 0 Å². The van der Waals surface area contributed by atoms with Gasteiger partial charge in [0.15, 0.2) is 17.4 Å². The highest BCUT2D eigenvalue weighted by molar-refractivity contribution is 7.50. The van der Waals surface area contributed by atoms with Crippen molar-refractivity contribution in [2.75, 3.05) is 51.6 Å². The molecule has 0 spiro atoms. The van der Waals surface area contributed by atoms with Crippen LogP contribution in [0.25, 0.3) is 11.2 Å². The number of nitrogens with two attached hydrogens (primary N) is 2. The number of imidazole rings is 1. The molecule has 17 heteroatoms. The Bertz CT molecular complexity index is 1080. The number of unbranched alkanes of at least 4 members (excludes halogenated alkanes) is 1. The van der Waals surface area contributed by atoms with E-state index in [-0.39, 0.29) is 23.7 Å². The van der Waals surface area contributed by atoms with Crippen LogP contribution in [-0.2, 0) is 13.8 Å². The largest absolute Gasteiger partial charge is 0.403 e. The lowest BCUT2D eigenvalue weighted by molar-refractivity contribution is -0.0487. The second-order valence-corrected chi connectivity index (χ2v) is 10.4. The number of H-pyrrole nitrogens is 1. The van der Waals surface area contributed by atoms with Crippen LogP contribution in [0.1, 0.15) is 31.9 Å². The molecule has 0 aliphatic carbocycles. The van der Waals surface area contributed by atoms with E-state index in [0.717, 1.165) is 38.9 Å². The molecule has 1 fully saturated rings. The smallest absolute Gasteiger partial charge is 0.387 e. The van der Waals surface area contributed by atoms with Gasteiger partial charge in [-0.3, -0.25) is 18.9 Å². The number of aliphatic hydroxyl groups excluding tert-OH is 2. The van der Waals surface area contributed by atoms with Gasteiger partial charge in [-0.05, 0) is 58.4 Å². The molecule has 0 amide bonds. The van der Waals surface area contributed by atoms with Crippen molar-refractivity contribution in [2.24, 2.45) is 5.73 Å². The van der Waals surface area contributed by atoms with Crippen LogP contribution >= 0.6 is 7.75 Å². The molecule has 2 aromatic rings. The maximum atomic E-state index is 12.3. The molecule has 1 saturated heterocycles. The van der Waals surface area contributed by atoms with Crippen LogP contribution in [0.2, 0.25) is 0 Å². The summed E-state index contributed by atoms with van der Waals surface area (Å²) in [6.07, 6.45) is -0.269. The van der Waals surface area contributed by atoms with Gasteiger partial charge in [-0.2, -0.15) is 4.98 Å². The monoisotopic (exact) mass is 547 g/mol. The number of fused-ring (bicyclic) bond motifs is 1. The number of nitrogens with zero attached hydrogens (tertiary/aromatic N) is 3. The van der Waals surface area contributed by atoms with Crippen molar-refractivity contribution in [1.29, 1.82) is 0 Å². The first-order chi connectivity index (χ1) is 17.7. The summed E-state index contributed by atoms with van der Waals surface area (Å²) >= 11 is 0. The third kappa shape index (κ3) is 8.51. The highest BCUT2D eigenvalue weighted by Gasteiger charge is 2.45. The van der Waals surface area contributed by atoms with Crippen LogP contribution in [-0.4, -0.2) is 98.8 Å². The maximum absolute atomic E-state index is 12.3. The van der Waals surface area contributed by atoms with E-state index in [0.29, 0.717) is 19.5 Å². The minimum Gasteiger partial charge on any atom is -0.387 e. The van der Waals surface area contributed by atoms with E-state index < -0.39 is 44.5 Å². The van der Waals surface area contributed by atoms with Crippen molar-refractivity contribution in [3.8, 4) is 0 Å². The Morgan fingerprint density at radius 2 is 1.78 bits per heavy atom. The van der Waals surface area contributed by atoms with Gasteiger partial charge in [0, 0.05) is 6.54 Å². The van der Waals surface area contributed by atoms with Crippen molar-refractivity contribution in [3.63, 3.8) is 0 Å². The molecular weight excluding hydrogens is 509 g/mol. The number of anilines is 1. The number of hydrogen-bond donors (Lipinski definition) is 9. The third-order valence-electron chi connectivity index (χ3n) is 5.83. The quantitative estimate of drug-likeness (QED) is 0.0748. The summed E-state index contributed by atoms with van der Waals surface area (Å²) in [6.45, 7) is 3.88. The van der Waals surface area contributed by atoms with Crippen molar-refractivity contribution in [2.45, 2.75) is 50.2 Å². The molecule has 16 nitrogen and oxygen atoms in total. The van der Waals surface area contributed by atoms with Gasteiger partial charge in [-0.25, -0.2) is 14.6 Å². The topological polar surface area (TPSA) is 248 Å². The molecule has 11 N–H and O–H groups in total. The van der Waals surface area contributed by atoms with Crippen LogP contribution < -0.4 is 32.7 Å². The normalized spacial score (nSPS) is 23.6. The summed E-state index contributed by atoms with van der Waals surface area (Å²) in [7, 11) is -4.16. The molecule has 0 aromatic carbocycles. The molecule has 1 aliphatic rings. The van der Waals surface area contributed by atoms with Crippen LogP contribution in [0.5, 0.6) is 0 Å². The zero-order valence-electron chi connectivity index (χ0n) is 20.6. The fourth-order valence-electron chi connectivity index (χ4n) is 3.86. The molecular formula is C20H38N9O7P. The van der Waals surface area contributed by atoms with E-state index in [2.05, 4.69) is 30.7 Å². The summed E-state index contributed by atoms with van der Waals surface area (Å²) < 4.78 is 24.3. The first kappa shape index (κ1) is 29.6. The Hall–Kier alpha value is -1.98. The van der Waals surface area contributed by atoms with E-state index in [9.17, 15) is 24.5 Å². The van der Waals surface area contributed by atoms with Gasteiger partial charge < -0.3 is 41.9 Å². The number of nitrogens with one attached hydrogen (secondary N) is 4.